The zero-order chi connectivity index (χ0) is 19.8. The summed E-state index contributed by atoms with van der Waals surface area (Å²) in [5.41, 5.74) is 2.48. The van der Waals surface area contributed by atoms with Crippen molar-refractivity contribution in [1.29, 1.82) is 0 Å². The van der Waals surface area contributed by atoms with E-state index in [9.17, 15) is 14.0 Å². The first-order valence-corrected chi connectivity index (χ1v) is 9.91. The van der Waals surface area contributed by atoms with Crippen LogP contribution in [-0.4, -0.2) is 42.9 Å². The SMILES string of the molecule is CC1=C(C(=O)N2CCOCC2)[C@H](c2c(F)cccc2Cl)C2=C(CCCC2=O)N1. The zero-order valence-corrected chi connectivity index (χ0v) is 16.4. The number of ketones is 1. The van der Waals surface area contributed by atoms with Crippen LogP contribution in [-0.2, 0) is 14.3 Å². The van der Waals surface area contributed by atoms with Gasteiger partial charge in [-0.15, -0.1) is 0 Å². The number of Topliss-reactive ketones (excluding diaryl/α,β-unsaturated/α-hetero) is 1. The fourth-order valence-corrected chi connectivity index (χ4v) is 4.55. The largest absolute Gasteiger partial charge is 0.378 e. The molecular formula is C21H22ClFN2O3. The fourth-order valence-electron chi connectivity index (χ4n) is 4.28. The van der Waals surface area contributed by atoms with E-state index in [1.165, 1.54) is 12.1 Å². The molecule has 0 saturated carbocycles. The van der Waals surface area contributed by atoms with E-state index in [-0.39, 0.29) is 22.3 Å². The van der Waals surface area contributed by atoms with Gasteiger partial charge in [-0.2, -0.15) is 0 Å². The van der Waals surface area contributed by atoms with E-state index in [0.29, 0.717) is 56.0 Å². The van der Waals surface area contributed by atoms with Gasteiger partial charge in [-0.1, -0.05) is 17.7 Å². The third kappa shape index (κ3) is 3.25. The molecule has 4 rings (SSSR count). The zero-order valence-electron chi connectivity index (χ0n) is 15.7. The van der Waals surface area contributed by atoms with Crippen LogP contribution in [0.4, 0.5) is 4.39 Å². The van der Waals surface area contributed by atoms with Crippen molar-refractivity contribution in [1.82, 2.24) is 10.2 Å². The molecule has 0 radical (unpaired) electrons. The Kier molecular flexibility index (Phi) is 5.25. The third-order valence-corrected chi connectivity index (χ3v) is 5.92. The quantitative estimate of drug-likeness (QED) is 0.821. The molecule has 28 heavy (non-hydrogen) atoms. The smallest absolute Gasteiger partial charge is 0.252 e. The maximum absolute atomic E-state index is 14.9. The number of ether oxygens (including phenoxy) is 1. The Balaban J connectivity index is 1.88. The predicted octanol–water partition coefficient (Wildman–Crippen LogP) is 3.31. The molecule has 0 bridgehead atoms. The highest BCUT2D eigenvalue weighted by molar-refractivity contribution is 6.31. The van der Waals surface area contributed by atoms with Crippen LogP contribution in [0.2, 0.25) is 5.02 Å². The van der Waals surface area contributed by atoms with E-state index in [1.807, 2.05) is 0 Å². The molecule has 1 N–H and O–H groups in total. The third-order valence-electron chi connectivity index (χ3n) is 5.59. The predicted molar refractivity (Wildman–Crippen MR) is 103 cm³/mol. The van der Waals surface area contributed by atoms with E-state index >= 15 is 0 Å². The van der Waals surface area contributed by atoms with Gasteiger partial charge in [-0.05, 0) is 31.9 Å². The summed E-state index contributed by atoms with van der Waals surface area (Å²) in [5, 5.41) is 3.47. The Hall–Kier alpha value is -2.18. The first-order valence-electron chi connectivity index (χ1n) is 9.54. The van der Waals surface area contributed by atoms with Crippen LogP contribution in [0.5, 0.6) is 0 Å². The van der Waals surface area contributed by atoms with Crippen LogP contribution < -0.4 is 5.32 Å². The van der Waals surface area contributed by atoms with Crippen molar-refractivity contribution in [3.8, 4) is 0 Å². The van der Waals surface area contributed by atoms with Gasteiger partial charge in [0.2, 0.25) is 0 Å². The maximum atomic E-state index is 14.9. The summed E-state index contributed by atoms with van der Waals surface area (Å²) in [5.74, 6) is -1.57. The van der Waals surface area contributed by atoms with Gasteiger partial charge < -0.3 is 15.0 Å². The van der Waals surface area contributed by atoms with Crippen molar-refractivity contribution >= 4 is 23.3 Å². The number of morpholine rings is 1. The van der Waals surface area contributed by atoms with Gasteiger partial charge in [0.25, 0.3) is 5.91 Å². The molecule has 1 aliphatic carbocycles. The van der Waals surface area contributed by atoms with Gasteiger partial charge in [-0.3, -0.25) is 9.59 Å². The minimum absolute atomic E-state index is 0.0575. The summed E-state index contributed by atoms with van der Waals surface area (Å²) in [4.78, 5) is 28.0. The molecule has 7 heteroatoms. The van der Waals surface area contributed by atoms with Crippen LogP contribution in [0.25, 0.3) is 0 Å². The summed E-state index contributed by atoms with van der Waals surface area (Å²) in [6, 6.07) is 4.45. The van der Waals surface area contributed by atoms with Crippen molar-refractivity contribution in [2.45, 2.75) is 32.1 Å². The monoisotopic (exact) mass is 404 g/mol. The Labute approximate surface area is 168 Å². The highest BCUT2D eigenvalue weighted by atomic mass is 35.5. The average Bonchev–Trinajstić information content (AvgIpc) is 2.68. The Bertz CT molecular complexity index is 883. The summed E-state index contributed by atoms with van der Waals surface area (Å²) in [7, 11) is 0. The normalized spacial score (nSPS) is 22.9. The first-order chi connectivity index (χ1) is 13.5. The molecule has 1 aromatic rings. The Morgan fingerprint density at radius 2 is 2.04 bits per heavy atom. The summed E-state index contributed by atoms with van der Waals surface area (Å²) in [6.07, 6.45) is 1.82. The summed E-state index contributed by atoms with van der Waals surface area (Å²) >= 11 is 6.38. The van der Waals surface area contributed by atoms with Crippen LogP contribution in [0, 0.1) is 5.82 Å². The molecule has 1 amide bonds. The molecule has 148 valence electrons. The highest BCUT2D eigenvalue weighted by Crippen LogP contribution is 2.45. The van der Waals surface area contributed by atoms with Crippen LogP contribution in [0.1, 0.15) is 37.7 Å². The van der Waals surface area contributed by atoms with Gasteiger partial charge in [0, 0.05) is 52.6 Å². The number of nitrogens with zero attached hydrogens (tertiary/aromatic N) is 1. The number of hydrogen-bond acceptors (Lipinski definition) is 4. The van der Waals surface area contributed by atoms with E-state index in [1.54, 1.807) is 17.9 Å². The van der Waals surface area contributed by atoms with Gasteiger partial charge in [-0.25, -0.2) is 4.39 Å². The standard InChI is InChI=1S/C21H22ClFN2O3/c1-12-17(21(27)25-8-10-28-11-9-25)20(18-13(22)4-2-5-14(18)23)19-15(24-12)6-3-7-16(19)26/h2,4-5,20,24H,3,6-11H2,1H3/t20-/m1/s1. The lowest BCUT2D eigenvalue weighted by atomic mass is 9.74. The number of hydrogen-bond donors (Lipinski definition) is 1. The number of dihydropyridines is 1. The molecule has 0 spiro atoms. The van der Waals surface area contributed by atoms with E-state index < -0.39 is 11.7 Å². The molecule has 2 aliphatic heterocycles. The minimum atomic E-state index is -0.798. The van der Waals surface area contributed by atoms with E-state index in [4.69, 9.17) is 16.3 Å². The molecular weight excluding hydrogens is 383 g/mol. The highest BCUT2D eigenvalue weighted by Gasteiger charge is 2.41. The second-order valence-corrected chi connectivity index (χ2v) is 7.71. The second kappa shape index (κ2) is 7.68. The molecule has 1 saturated heterocycles. The number of carbonyl (C=O) groups excluding carboxylic acids is 2. The average molecular weight is 405 g/mol. The van der Waals surface area contributed by atoms with Crippen LogP contribution >= 0.6 is 11.6 Å². The molecule has 1 fully saturated rings. The fraction of sp³-hybridized carbons (Fsp3) is 0.429. The first kappa shape index (κ1) is 19.2. The molecule has 1 atom stereocenters. The molecule has 0 aromatic heterocycles. The lowest BCUT2D eigenvalue weighted by Crippen LogP contribution is -2.45. The number of allylic oxidation sites excluding steroid dienone is 3. The summed E-state index contributed by atoms with van der Waals surface area (Å²) in [6.45, 7) is 3.66. The minimum Gasteiger partial charge on any atom is -0.378 e. The van der Waals surface area contributed by atoms with Crippen molar-refractivity contribution in [3.05, 3.63) is 57.1 Å². The van der Waals surface area contributed by atoms with Crippen LogP contribution in [0.3, 0.4) is 0 Å². The Morgan fingerprint density at radius 3 is 2.75 bits per heavy atom. The topological polar surface area (TPSA) is 58.6 Å². The molecule has 3 aliphatic rings. The second-order valence-electron chi connectivity index (χ2n) is 7.31. The van der Waals surface area contributed by atoms with Crippen molar-refractivity contribution in [3.63, 3.8) is 0 Å². The number of amides is 1. The molecule has 0 unspecified atom stereocenters. The maximum Gasteiger partial charge on any atom is 0.252 e. The van der Waals surface area contributed by atoms with Gasteiger partial charge in [0.15, 0.2) is 5.78 Å². The number of halogens is 2. The summed E-state index contributed by atoms with van der Waals surface area (Å²) < 4.78 is 20.3. The van der Waals surface area contributed by atoms with Crippen molar-refractivity contribution in [2.75, 3.05) is 26.3 Å². The van der Waals surface area contributed by atoms with Gasteiger partial charge in [0.1, 0.15) is 5.82 Å². The van der Waals surface area contributed by atoms with Crippen molar-refractivity contribution < 1.29 is 18.7 Å². The Morgan fingerprint density at radius 1 is 1.29 bits per heavy atom. The lowest BCUT2D eigenvalue weighted by Gasteiger charge is -2.37. The molecule has 1 aromatic carbocycles. The van der Waals surface area contributed by atoms with E-state index in [0.717, 1.165) is 12.1 Å². The number of carbonyl (C=O) groups is 2. The number of rotatable bonds is 2. The van der Waals surface area contributed by atoms with Gasteiger partial charge >= 0.3 is 0 Å². The van der Waals surface area contributed by atoms with Gasteiger partial charge in [0.05, 0.1) is 19.1 Å². The number of benzene rings is 1. The molecule has 2 heterocycles. The van der Waals surface area contributed by atoms with E-state index in [2.05, 4.69) is 5.32 Å². The number of nitrogens with one attached hydrogen (secondary N) is 1. The molecule has 5 nitrogen and oxygen atoms in total. The van der Waals surface area contributed by atoms with Crippen LogP contribution in [0.15, 0.2) is 40.7 Å². The van der Waals surface area contributed by atoms with Crippen molar-refractivity contribution in [2.24, 2.45) is 0 Å². The lowest BCUT2D eigenvalue weighted by molar-refractivity contribution is -0.131.